The molecule has 0 fully saturated rings. The molecule has 0 aliphatic heterocycles. The Balaban J connectivity index is 2.86. The van der Waals surface area contributed by atoms with E-state index < -0.39 is 11.3 Å². The number of rotatable bonds is 8. The molecule has 0 amide bonds. The minimum absolute atomic E-state index is 0.420. The van der Waals surface area contributed by atoms with Gasteiger partial charge in [0, 0.05) is 31.5 Å². The van der Waals surface area contributed by atoms with Crippen LogP contribution in [0.4, 0.5) is 0 Å². The highest BCUT2D eigenvalue weighted by Gasteiger charge is 1.88. The Hall–Kier alpha value is -0.0100. The molecule has 5 nitrogen and oxygen atoms in total. The molecule has 0 saturated heterocycles. The summed E-state index contributed by atoms with van der Waals surface area (Å²) in [4.78, 5) is 0. The molecular formula is C6H14NO4S-. The lowest BCUT2D eigenvalue weighted by Gasteiger charge is -2.06. The molecule has 1 atom stereocenters. The first-order chi connectivity index (χ1) is 5.77. The lowest BCUT2D eigenvalue weighted by atomic mass is 10.5. The summed E-state index contributed by atoms with van der Waals surface area (Å²) in [5.41, 5.74) is 0. The fraction of sp³-hybridized carbons (Fsp3) is 1.00. The first kappa shape index (κ1) is 12.0. The van der Waals surface area contributed by atoms with Crippen LogP contribution in [0.3, 0.4) is 0 Å². The summed E-state index contributed by atoms with van der Waals surface area (Å²) < 4.78 is 32.0. The van der Waals surface area contributed by atoms with Crippen molar-refractivity contribution >= 4 is 11.3 Å². The molecule has 0 aromatic heterocycles. The van der Waals surface area contributed by atoms with Gasteiger partial charge in [-0.25, -0.2) is 4.72 Å². The maximum absolute atomic E-state index is 9.96. The van der Waals surface area contributed by atoms with Crippen molar-refractivity contribution in [1.82, 2.24) is 4.72 Å². The van der Waals surface area contributed by atoms with Crippen LogP contribution in [-0.4, -0.2) is 42.2 Å². The van der Waals surface area contributed by atoms with E-state index >= 15 is 0 Å². The van der Waals surface area contributed by atoms with Crippen LogP contribution in [0.5, 0.6) is 0 Å². The predicted octanol–water partition coefficient (Wildman–Crippen LogP) is -0.577. The minimum atomic E-state index is -2.15. The molecule has 0 spiro atoms. The van der Waals surface area contributed by atoms with E-state index in [1.807, 2.05) is 0 Å². The Kier molecular flexibility index (Phi) is 9.07. The van der Waals surface area contributed by atoms with Gasteiger partial charge in [-0.1, -0.05) is 0 Å². The van der Waals surface area contributed by atoms with Gasteiger partial charge in [0.15, 0.2) is 0 Å². The molecule has 0 saturated carbocycles. The second-order valence-corrected chi connectivity index (χ2v) is 2.85. The summed E-state index contributed by atoms with van der Waals surface area (Å²) in [6.45, 7) is 2.09. The van der Waals surface area contributed by atoms with E-state index in [4.69, 9.17) is 9.47 Å². The molecule has 0 rings (SSSR count). The fourth-order valence-electron chi connectivity index (χ4n) is 0.574. The minimum Gasteiger partial charge on any atom is -0.760 e. The van der Waals surface area contributed by atoms with Crippen LogP contribution < -0.4 is 4.72 Å². The zero-order valence-electron chi connectivity index (χ0n) is 7.08. The van der Waals surface area contributed by atoms with Crippen LogP contribution in [0, 0.1) is 0 Å². The van der Waals surface area contributed by atoms with E-state index in [0.717, 1.165) is 0 Å². The molecule has 0 heterocycles. The molecular weight excluding hydrogens is 182 g/mol. The summed E-state index contributed by atoms with van der Waals surface area (Å²) in [7, 11) is 1.60. The predicted molar refractivity (Wildman–Crippen MR) is 44.2 cm³/mol. The number of hydrogen-bond donors (Lipinski definition) is 1. The molecule has 0 radical (unpaired) electrons. The van der Waals surface area contributed by atoms with Crippen molar-refractivity contribution in [3.8, 4) is 0 Å². The molecule has 0 aromatic carbocycles. The van der Waals surface area contributed by atoms with Gasteiger partial charge in [-0.15, -0.1) is 0 Å². The Bertz CT molecular complexity index is 122. The molecule has 0 aliphatic rings. The van der Waals surface area contributed by atoms with Crippen LogP contribution in [0.2, 0.25) is 0 Å². The van der Waals surface area contributed by atoms with E-state index in [0.29, 0.717) is 32.8 Å². The Labute approximate surface area is 74.9 Å². The molecule has 12 heavy (non-hydrogen) atoms. The van der Waals surface area contributed by atoms with Crippen LogP contribution >= 0.6 is 0 Å². The third-order valence-corrected chi connectivity index (χ3v) is 1.56. The van der Waals surface area contributed by atoms with Gasteiger partial charge in [-0.2, -0.15) is 0 Å². The quantitative estimate of drug-likeness (QED) is 0.416. The monoisotopic (exact) mass is 196 g/mol. The average Bonchev–Trinajstić information content (AvgIpc) is 2.02. The SMILES string of the molecule is COCCOCCCNS(=O)[O-]. The first-order valence-corrected chi connectivity index (χ1v) is 4.74. The Morgan fingerprint density at radius 3 is 2.75 bits per heavy atom. The highest BCUT2D eigenvalue weighted by molar-refractivity contribution is 7.77. The van der Waals surface area contributed by atoms with Gasteiger partial charge in [0.1, 0.15) is 0 Å². The average molecular weight is 196 g/mol. The van der Waals surface area contributed by atoms with Crippen molar-refractivity contribution < 1.29 is 18.2 Å². The van der Waals surface area contributed by atoms with Crippen molar-refractivity contribution in [2.75, 3.05) is 33.5 Å². The van der Waals surface area contributed by atoms with E-state index in [1.54, 1.807) is 7.11 Å². The fourth-order valence-corrected chi connectivity index (χ4v) is 0.885. The summed E-state index contributed by atoms with van der Waals surface area (Å²) in [6.07, 6.45) is 0.678. The molecule has 1 N–H and O–H groups in total. The number of ether oxygens (including phenoxy) is 2. The molecule has 6 heteroatoms. The number of methoxy groups -OCH3 is 1. The van der Waals surface area contributed by atoms with Gasteiger partial charge in [0.25, 0.3) is 0 Å². The second kappa shape index (κ2) is 9.08. The summed E-state index contributed by atoms with van der Waals surface area (Å²) in [5, 5.41) is 0. The molecule has 1 unspecified atom stereocenters. The van der Waals surface area contributed by atoms with Crippen LogP contribution in [-0.2, 0) is 20.7 Å². The lowest BCUT2D eigenvalue weighted by Crippen LogP contribution is -2.19. The zero-order valence-corrected chi connectivity index (χ0v) is 7.89. The van der Waals surface area contributed by atoms with Crippen molar-refractivity contribution in [2.45, 2.75) is 6.42 Å². The van der Waals surface area contributed by atoms with Gasteiger partial charge < -0.3 is 14.0 Å². The van der Waals surface area contributed by atoms with E-state index in [9.17, 15) is 8.76 Å². The van der Waals surface area contributed by atoms with Crippen LogP contribution in [0.15, 0.2) is 0 Å². The second-order valence-electron chi connectivity index (χ2n) is 2.09. The van der Waals surface area contributed by atoms with Crippen LogP contribution in [0.1, 0.15) is 6.42 Å². The van der Waals surface area contributed by atoms with Gasteiger partial charge in [0.2, 0.25) is 0 Å². The van der Waals surface area contributed by atoms with E-state index in [2.05, 4.69) is 4.72 Å². The number of nitrogens with one attached hydrogen (secondary N) is 1. The Morgan fingerprint density at radius 2 is 2.17 bits per heavy atom. The topological polar surface area (TPSA) is 70.6 Å². The highest BCUT2D eigenvalue weighted by Crippen LogP contribution is 1.81. The summed E-state index contributed by atoms with van der Waals surface area (Å²) in [5.74, 6) is 0. The third-order valence-electron chi connectivity index (χ3n) is 1.12. The normalized spacial score (nSPS) is 13.2. The van der Waals surface area contributed by atoms with Gasteiger partial charge in [0.05, 0.1) is 13.2 Å². The standard InChI is InChI=1S/C6H15NO4S/c1-10-5-6-11-4-2-3-7-12(8)9/h7H,2-6H2,1H3,(H,8,9)/p-1. The van der Waals surface area contributed by atoms with Crippen molar-refractivity contribution in [2.24, 2.45) is 0 Å². The first-order valence-electron chi connectivity index (χ1n) is 3.67. The van der Waals surface area contributed by atoms with Gasteiger partial charge in [-0.3, -0.25) is 4.21 Å². The third kappa shape index (κ3) is 9.99. The summed E-state index contributed by atoms with van der Waals surface area (Å²) in [6, 6.07) is 0. The maximum Gasteiger partial charge on any atom is 0.0700 e. The Morgan fingerprint density at radius 1 is 1.42 bits per heavy atom. The lowest BCUT2D eigenvalue weighted by molar-refractivity contribution is 0.0699. The van der Waals surface area contributed by atoms with Crippen molar-refractivity contribution in [3.63, 3.8) is 0 Å². The van der Waals surface area contributed by atoms with Gasteiger partial charge >= 0.3 is 0 Å². The van der Waals surface area contributed by atoms with Gasteiger partial charge in [-0.05, 0) is 6.42 Å². The highest BCUT2D eigenvalue weighted by atomic mass is 32.2. The van der Waals surface area contributed by atoms with Crippen LogP contribution in [0.25, 0.3) is 0 Å². The van der Waals surface area contributed by atoms with E-state index in [1.165, 1.54) is 0 Å². The zero-order chi connectivity index (χ0) is 9.23. The maximum atomic E-state index is 9.96. The van der Waals surface area contributed by atoms with Crippen molar-refractivity contribution in [1.29, 1.82) is 0 Å². The van der Waals surface area contributed by atoms with E-state index in [-0.39, 0.29) is 0 Å². The molecule has 74 valence electrons. The largest absolute Gasteiger partial charge is 0.760 e. The molecule has 0 aromatic rings. The number of hydrogen-bond acceptors (Lipinski definition) is 4. The molecule has 0 aliphatic carbocycles. The molecule has 0 bridgehead atoms. The van der Waals surface area contributed by atoms with Crippen molar-refractivity contribution in [3.05, 3.63) is 0 Å². The smallest absolute Gasteiger partial charge is 0.0700 e. The summed E-state index contributed by atoms with van der Waals surface area (Å²) >= 11 is -2.15.